The van der Waals surface area contributed by atoms with Crippen LogP contribution in [0.15, 0.2) is 53.0 Å². The average molecular weight is 439 g/mol. The van der Waals surface area contributed by atoms with E-state index in [9.17, 15) is 4.79 Å². The van der Waals surface area contributed by atoms with Crippen LogP contribution in [-0.2, 0) is 4.79 Å². The monoisotopic (exact) mass is 438 g/mol. The third-order valence-electron chi connectivity index (χ3n) is 4.82. The minimum atomic E-state index is 0.00126. The van der Waals surface area contributed by atoms with Gasteiger partial charge in [0.05, 0.1) is 15.9 Å². The number of benzene rings is 2. The molecule has 5 rings (SSSR count). The van der Waals surface area contributed by atoms with Gasteiger partial charge in [0.1, 0.15) is 5.82 Å². The molecule has 0 saturated heterocycles. The number of thiazole rings is 1. The van der Waals surface area contributed by atoms with Crippen molar-refractivity contribution in [3.63, 3.8) is 0 Å². The van der Waals surface area contributed by atoms with Gasteiger partial charge in [-0.25, -0.2) is 4.98 Å². The van der Waals surface area contributed by atoms with E-state index in [-0.39, 0.29) is 11.8 Å². The fourth-order valence-electron chi connectivity index (χ4n) is 3.63. The molecule has 0 saturated carbocycles. The first-order chi connectivity index (χ1) is 13.1. The third kappa shape index (κ3) is 2.78. The number of amides is 1. The van der Waals surface area contributed by atoms with E-state index in [1.165, 1.54) is 0 Å². The van der Waals surface area contributed by atoms with Gasteiger partial charge in [-0.15, -0.1) is 0 Å². The SMILES string of the molecule is Cc1nn(-c2nc3ccc(Br)cc3s2)c2c1C(c1ccccc1)CC(=O)N2. The van der Waals surface area contributed by atoms with Crippen LogP contribution in [0.1, 0.15) is 29.2 Å². The van der Waals surface area contributed by atoms with Gasteiger partial charge in [-0.2, -0.15) is 9.78 Å². The van der Waals surface area contributed by atoms with Gasteiger partial charge < -0.3 is 5.32 Å². The summed E-state index contributed by atoms with van der Waals surface area (Å²) in [4.78, 5) is 17.2. The third-order valence-corrected chi connectivity index (χ3v) is 6.31. The predicted octanol–water partition coefficient (Wildman–Crippen LogP) is 5.03. The Balaban J connectivity index is 1.68. The molecule has 1 N–H and O–H groups in total. The number of aromatic nitrogens is 3. The summed E-state index contributed by atoms with van der Waals surface area (Å²) >= 11 is 5.06. The quantitative estimate of drug-likeness (QED) is 0.477. The fourth-order valence-corrected chi connectivity index (χ4v) is 5.11. The van der Waals surface area contributed by atoms with Crippen molar-refractivity contribution in [1.82, 2.24) is 14.8 Å². The zero-order valence-corrected chi connectivity index (χ0v) is 16.8. The molecular weight excluding hydrogens is 424 g/mol. The predicted molar refractivity (Wildman–Crippen MR) is 111 cm³/mol. The minimum Gasteiger partial charge on any atom is -0.310 e. The first kappa shape index (κ1) is 16.6. The second-order valence-corrected chi connectivity index (χ2v) is 8.51. The summed E-state index contributed by atoms with van der Waals surface area (Å²) in [5.74, 6) is 0.740. The standard InChI is InChI=1S/C20H15BrN4OS/c1-11-18-14(12-5-3-2-4-6-12)10-17(26)23-19(18)25(24-11)20-22-15-8-7-13(21)9-16(15)27-20/h2-9,14H,10H2,1H3,(H,23,26). The Morgan fingerprint density at radius 3 is 2.85 bits per heavy atom. The number of nitrogens with zero attached hydrogens (tertiary/aromatic N) is 3. The number of hydrogen-bond acceptors (Lipinski definition) is 4. The van der Waals surface area contributed by atoms with Crippen molar-refractivity contribution < 1.29 is 4.79 Å². The van der Waals surface area contributed by atoms with Crippen molar-refractivity contribution in [3.05, 3.63) is 69.8 Å². The molecule has 134 valence electrons. The molecule has 0 spiro atoms. The summed E-state index contributed by atoms with van der Waals surface area (Å²) in [6.45, 7) is 1.99. The molecule has 1 aliphatic heterocycles. The highest BCUT2D eigenvalue weighted by Gasteiger charge is 2.33. The van der Waals surface area contributed by atoms with Crippen LogP contribution in [0.5, 0.6) is 0 Å². The number of carbonyl (C=O) groups excluding carboxylic acids is 1. The molecule has 7 heteroatoms. The second kappa shape index (κ2) is 6.28. The number of aryl methyl sites for hydroxylation is 1. The smallest absolute Gasteiger partial charge is 0.226 e. The van der Waals surface area contributed by atoms with E-state index in [0.29, 0.717) is 6.42 Å². The summed E-state index contributed by atoms with van der Waals surface area (Å²) in [5.41, 5.74) is 4.03. The fraction of sp³-hybridized carbons (Fsp3) is 0.150. The normalized spacial score (nSPS) is 16.4. The van der Waals surface area contributed by atoms with Crippen LogP contribution < -0.4 is 5.32 Å². The van der Waals surface area contributed by atoms with Crippen LogP contribution in [0.2, 0.25) is 0 Å². The molecule has 0 aliphatic carbocycles. The Morgan fingerprint density at radius 2 is 2.04 bits per heavy atom. The van der Waals surface area contributed by atoms with Gasteiger partial charge in [0.25, 0.3) is 0 Å². The lowest BCUT2D eigenvalue weighted by Crippen LogP contribution is -2.24. The number of halogens is 1. The molecule has 3 heterocycles. The summed E-state index contributed by atoms with van der Waals surface area (Å²) < 4.78 is 3.86. The van der Waals surface area contributed by atoms with Crippen molar-refractivity contribution in [2.24, 2.45) is 0 Å². The minimum absolute atomic E-state index is 0.00126. The Morgan fingerprint density at radius 1 is 1.22 bits per heavy atom. The van der Waals surface area contributed by atoms with E-state index in [1.54, 1.807) is 16.0 Å². The largest absolute Gasteiger partial charge is 0.310 e. The lowest BCUT2D eigenvalue weighted by atomic mass is 9.86. The number of nitrogens with one attached hydrogen (secondary N) is 1. The van der Waals surface area contributed by atoms with E-state index in [2.05, 4.69) is 33.4 Å². The summed E-state index contributed by atoms with van der Waals surface area (Å²) in [7, 11) is 0. The van der Waals surface area contributed by atoms with Gasteiger partial charge in [-0.3, -0.25) is 4.79 Å². The van der Waals surface area contributed by atoms with Gasteiger partial charge >= 0.3 is 0 Å². The Bertz CT molecular complexity index is 1180. The zero-order chi connectivity index (χ0) is 18.5. The number of hydrogen-bond donors (Lipinski definition) is 1. The van der Waals surface area contributed by atoms with Crippen LogP contribution in [0.3, 0.4) is 0 Å². The van der Waals surface area contributed by atoms with Crippen LogP contribution in [-0.4, -0.2) is 20.7 Å². The first-order valence-electron chi connectivity index (χ1n) is 8.61. The molecule has 1 atom stereocenters. The van der Waals surface area contributed by atoms with Gasteiger partial charge in [-0.1, -0.05) is 57.6 Å². The van der Waals surface area contributed by atoms with Crippen molar-refractivity contribution in [1.29, 1.82) is 0 Å². The van der Waals surface area contributed by atoms with E-state index in [1.807, 2.05) is 43.3 Å². The van der Waals surface area contributed by atoms with Crippen molar-refractivity contribution in [2.45, 2.75) is 19.3 Å². The summed E-state index contributed by atoms with van der Waals surface area (Å²) in [5, 5.41) is 8.50. The molecule has 1 amide bonds. The average Bonchev–Trinajstić information content (AvgIpc) is 3.22. The summed E-state index contributed by atoms with van der Waals surface area (Å²) in [6.07, 6.45) is 0.427. The summed E-state index contributed by atoms with van der Waals surface area (Å²) in [6, 6.07) is 16.1. The molecular formula is C20H15BrN4OS. The van der Waals surface area contributed by atoms with E-state index in [0.717, 1.165) is 42.5 Å². The maximum Gasteiger partial charge on any atom is 0.226 e. The molecule has 0 bridgehead atoms. The molecule has 5 nitrogen and oxygen atoms in total. The molecule has 4 aromatic rings. The molecule has 1 aliphatic rings. The second-order valence-electron chi connectivity index (χ2n) is 6.58. The highest BCUT2D eigenvalue weighted by Crippen LogP contribution is 2.41. The molecule has 1 unspecified atom stereocenters. The van der Waals surface area contributed by atoms with E-state index in [4.69, 9.17) is 10.1 Å². The Kier molecular flexibility index (Phi) is 3.87. The highest BCUT2D eigenvalue weighted by molar-refractivity contribution is 9.10. The lowest BCUT2D eigenvalue weighted by Gasteiger charge is -2.24. The number of fused-ring (bicyclic) bond motifs is 2. The van der Waals surface area contributed by atoms with Crippen LogP contribution >= 0.6 is 27.3 Å². The van der Waals surface area contributed by atoms with Gasteiger partial charge in [-0.05, 0) is 30.7 Å². The van der Waals surface area contributed by atoms with Crippen molar-refractivity contribution in [2.75, 3.05) is 5.32 Å². The lowest BCUT2D eigenvalue weighted by molar-refractivity contribution is -0.116. The van der Waals surface area contributed by atoms with E-state index < -0.39 is 0 Å². The van der Waals surface area contributed by atoms with Gasteiger partial charge in [0, 0.05) is 22.4 Å². The zero-order valence-electron chi connectivity index (χ0n) is 14.4. The maximum absolute atomic E-state index is 12.4. The highest BCUT2D eigenvalue weighted by atomic mass is 79.9. The Hall–Kier alpha value is -2.51. The van der Waals surface area contributed by atoms with Crippen LogP contribution in [0.25, 0.3) is 15.3 Å². The van der Waals surface area contributed by atoms with E-state index >= 15 is 0 Å². The van der Waals surface area contributed by atoms with Gasteiger partial charge in [0.2, 0.25) is 11.0 Å². The molecule has 27 heavy (non-hydrogen) atoms. The van der Waals surface area contributed by atoms with Gasteiger partial charge in [0.15, 0.2) is 0 Å². The molecule has 2 aromatic heterocycles. The number of rotatable bonds is 2. The van der Waals surface area contributed by atoms with Crippen LogP contribution in [0, 0.1) is 6.92 Å². The van der Waals surface area contributed by atoms with Crippen LogP contribution in [0.4, 0.5) is 5.82 Å². The maximum atomic E-state index is 12.4. The van der Waals surface area contributed by atoms with Crippen molar-refractivity contribution >= 4 is 49.2 Å². The molecule has 2 aromatic carbocycles. The molecule has 0 radical (unpaired) electrons. The first-order valence-corrected chi connectivity index (χ1v) is 10.2. The topological polar surface area (TPSA) is 59.8 Å². The Labute approximate surface area is 168 Å². The molecule has 0 fully saturated rings. The van der Waals surface area contributed by atoms with Crippen molar-refractivity contribution in [3.8, 4) is 5.13 Å². The number of carbonyl (C=O) groups is 1. The number of anilines is 1.